The van der Waals surface area contributed by atoms with E-state index in [1.54, 1.807) is 38.3 Å². The van der Waals surface area contributed by atoms with E-state index in [0.29, 0.717) is 27.7 Å². The van der Waals surface area contributed by atoms with Gasteiger partial charge in [-0.25, -0.2) is 4.79 Å². The van der Waals surface area contributed by atoms with Crippen molar-refractivity contribution in [2.75, 3.05) is 12.4 Å². The van der Waals surface area contributed by atoms with Gasteiger partial charge in [-0.2, -0.15) is 0 Å². The molecule has 0 radical (unpaired) electrons. The molecule has 3 rings (SSSR count). The number of ether oxygens (including phenoxy) is 1. The Kier molecular flexibility index (Phi) is 5.37. The molecule has 0 spiro atoms. The SMILES string of the molecule is COc1ccc(C2NC(=O)NC(C)=C2C(=O)Nc2cc(Cl)ccc2C)cc1. The third-order valence-corrected chi connectivity index (χ3v) is 4.65. The molecule has 0 aliphatic carbocycles. The van der Waals surface area contributed by atoms with Gasteiger partial charge in [0.15, 0.2) is 0 Å². The quantitative estimate of drug-likeness (QED) is 0.746. The lowest BCUT2D eigenvalue weighted by molar-refractivity contribution is -0.113. The number of carbonyl (C=O) groups excluding carboxylic acids is 2. The topological polar surface area (TPSA) is 79.5 Å². The van der Waals surface area contributed by atoms with Crippen LogP contribution in [-0.2, 0) is 4.79 Å². The summed E-state index contributed by atoms with van der Waals surface area (Å²) in [5, 5.41) is 8.89. The van der Waals surface area contributed by atoms with Gasteiger partial charge >= 0.3 is 6.03 Å². The average molecular weight is 386 g/mol. The van der Waals surface area contributed by atoms with Gasteiger partial charge < -0.3 is 20.7 Å². The maximum atomic E-state index is 13.0. The molecule has 27 heavy (non-hydrogen) atoms. The van der Waals surface area contributed by atoms with Crippen LogP contribution in [0.5, 0.6) is 5.75 Å². The number of hydrogen-bond donors (Lipinski definition) is 3. The lowest BCUT2D eigenvalue weighted by Gasteiger charge is -2.29. The van der Waals surface area contributed by atoms with Gasteiger partial charge in [-0.1, -0.05) is 29.8 Å². The van der Waals surface area contributed by atoms with Crippen LogP contribution in [0, 0.1) is 6.92 Å². The molecule has 0 aromatic heterocycles. The van der Waals surface area contributed by atoms with Crippen molar-refractivity contribution in [3.05, 3.63) is 69.9 Å². The zero-order chi connectivity index (χ0) is 19.6. The van der Waals surface area contributed by atoms with Gasteiger partial charge in [0, 0.05) is 16.4 Å². The second-order valence-corrected chi connectivity index (χ2v) is 6.69. The molecule has 0 saturated carbocycles. The molecule has 3 N–H and O–H groups in total. The number of carbonyl (C=O) groups is 2. The molecule has 0 fully saturated rings. The van der Waals surface area contributed by atoms with Crippen LogP contribution in [0.1, 0.15) is 24.1 Å². The lowest BCUT2D eigenvalue weighted by atomic mass is 9.94. The molecule has 7 heteroatoms. The highest BCUT2D eigenvalue weighted by molar-refractivity contribution is 6.31. The van der Waals surface area contributed by atoms with Gasteiger partial charge in [0.05, 0.1) is 18.7 Å². The van der Waals surface area contributed by atoms with E-state index in [0.717, 1.165) is 11.1 Å². The fourth-order valence-corrected chi connectivity index (χ4v) is 3.13. The molecule has 1 heterocycles. The Morgan fingerprint density at radius 2 is 1.85 bits per heavy atom. The summed E-state index contributed by atoms with van der Waals surface area (Å²) in [5.41, 5.74) is 3.21. The standard InChI is InChI=1S/C20H20ClN3O3/c1-11-4-7-14(21)10-16(11)23-19(25)17-12(2)22-20(26)24-18(17)13-5-8-15(27-3)9-6-13/h4-10,18H,1-3H3,(H,23,25)(H2,22,24,26). The predicted octanol–water partition coefficient (Wildman–Crippen LogP) is 3.92. The van der Waals surface area contributed by atoms with Crippen LogP contribution in [0.2, 0.25) is 5.02 Å². The number of anilines is 1. The molecule has 0 bridgehead atoms. The van der Waals surface area contributed by atoms with Gasteiger partial charge in [0.2, 0.25) is 0 Å². The first-order valence-electron chi connectivity index (χ1n) is 8.39. The minimum Gasteiger partial charge on any atom is -0.497 e. The summed E-state index contributed by atoms with van der Waals surface area (Å²) in [6, 6.07) is 11.6. The number of halogens is 1. The number of aryl methyl sites for hydroxylation is 1. The van der Waals surface area contributed by atoms with E-state index in [2.05, 4.69) is 16.0 Å². The molecule has 2 aromatic rings. The summed E-state index contributed by atoms with van der Waals surface area (Å²) in [6.45, 7) is 3.59. The lowest BCUT2D eigenvalue weighted by Crippen LogP contribution is -2.46. The molecular formula is C20H20ClN3O3. The molecular weight excluding hydrogens is 366 g/mol. The fourth-order valence-electron chi connectivity index (χ4n) is 2.96. The number of urea groups is 1. The zero-order valence-electron chi connectivity index (χ0n) is 15.2. The highest BCUT2D eigenvalue weighted by Crippen LogP contribution is 2.30. The highest BCUT2D eigenvalue weighted by Gasteiger charge is 2.31. The van der Waals surface area contributed by atoms with Crippen LogP contribution in [-0.4, -0.2) is 19.0 Å². The van der Waals surface area contributed by atoms with E-state index in [9.17, 15) is 9.59 Å². The van der Waals surface area contributed by atoms with Crippen molar-refractivity contribution in [1.29, 1.82) is 0 Å². The van der Waals surface area contributed by atoms with Crippen molar-refractivity contribution < 1.29 is 14.3 Å². The highest BCUT2D eigenvalue weighted by atomic mass is 35.5. The normalized spacial score (nSPS) is 16.4. The van der Waals surface area contributed by atoms with E-state index in [1.165, 1.54) is 0 Å². The van der Waals surface area contributed by atoms with E-state index in [-0.39, 0.29) is 11.9 Å². The number of allylic oxidation sites excluding steroid dienone is 1. The predicted molar refractivity (Wildman–Crippen MR) is 105 cm³/mol. The van der Waals surface area contributed by atoms with E-state index in [1.807, 2.05) is 25.1 Å². The van der Waals surface area contributed by atoms with Crippen molar-refractivity contribution >= 4 is 29.2 Å². The number of hydrogen-bond acceptors (Lipinski definition) is 3. The van der Waals surface area contributed by atoms with Crippen LogP contribution in [0.15, 0.2) is 53.7 Å². The Morgan fingerprint density at radius 1 is 1.15 bits per heavy atom. The van der Waals surface area contributed by atoms with Crippen molar-refractivity contribution in [3.8, 4) is 5.75 Å². The van der Waals surface area contributed by atoms with Crippen LogP contribution in [0.3, 0.4) is 0 Å². The summed E-state index contributed by atoms with van der Waals surface area (Å²) in [5.74, 6) is 0.381. The number of methoxy groups -OCH3 is 1. The molecule has 2 aromatic carbocycles. The van der Waals surface area contributed by atoms with Crippen molar-refractivity contribution in [2.45, 2.75) is 19.9 Å². The minimum absolute atomic E-state index is 0.314. The van der Waals surface area contributed by atoms with Gasteiger partial charge in [0.1, 0.15) is 5.75 Å². The van der Waals surface area contributed by atoms with Gasteiger partial charge in [0.25, 0.3) is 5.91 Å². The molecule has 1 unspecified atom stereocenters. The molecule has 140 valence electrons. The molecule has 0 saturated heterocycles. The van der Waals surface area contributed by atoms with E-state index >= 15 is 0 Å². The summed E-state index contributed by atoms with van der Waals surface area (Å²) < 4.78 is 5.17. The van der Waals surface area contributed by atoms with Crippen molar-refractivity contribution in [2.24, 2.45) is 0 Å². The van der Waals surface area contributed by atoms with Gasteiger partial charge in [-0.3, -0.25) is 4.79 Å². The Balaban J connectivity index is 1.95. The van der Waals surface area contributed by atoms with Crippen LogP contribution in [0.4, 0.5) is 10.5 Å². The molecule has 6 nitrogen and oxygen atoms in total. The maximum Gasteiger partial charge on any atom is 0.319 e. The van der Waals surface area contributed by atoms with Crippen molar-refractivity contribution in [1.82, 2.24) is 10.6 Å². The summed E-state index contributed by atoms with van der Waals surface area (Å²) in [7, 11) is 1.58. The first kappa shape index (κ1) is 18.8. The Hall–Kier alpha value is -2.99. The Bertz CT molecular complexity index is 923. The third-order valence-electron chi connectivity index (χ3n) is 4.41. The monoisotopic (exact) mass is 385 g/mol. The number of amides is 3. The van der Waals surface area contributed by atoms with Gasteiger partial charge in [-0.05, 0) is 49.2 Å². The minimum atomic E-state index is -0.579. The van der Waals surface area contributed by atoms with E-state index < -0.39 is 6.04 Å². The second kappa shape index (κ2) is 7.72. The van der Waals surface area contributed by atoms with Crippen LogP contribution in [0.25, 0.3) is 0 Å². The fraction of sp³-hybridized carbons (Fsp3) is 0.200. The summed E-state index contributed by atoms with van der Waals surface area (Å²) in [4.78, 5) is 25.0. The first-order valence-corrected chi connectivity index (χ1v) is 8.76. The summed E-state index contributed by atoms with van der Waals surface area (Å²) in [6.07, 6.45) is 0. The molecule has 1 aliphatic heterocycles. The number of rotatable bonds is 4. The number of benzene rings is 2. The summed E-state index contributed by atoms with van der Waals surface area (Å²) >= 11 is 6.04. The zero-order valence-corrected chi connectivity index (χ0v) is 16.0. The van der Waals surface area contributed by atoms with Crippen LogP contribution >= 0.6 is 11.6 Å². The smallest absolute Gasteiger partial charge is 0.319 e. The van der Waals surface area contributed by atoms with Crippen LogP contribution < -0.4 is 20.7 Å². The van der Waals surface area contributed by atoms with E-state index in [4.69, 9.17) is 16.3 Å². The third kappa shape index (κ3) is 4.06. The second-order valence-electron chi connectivity index (χ2n) is 6.26. The Morgan fingerprint density at radius 3 is 2.52 bits per heavy atom. The van der Waals surface area contributed by atoms with Gasteiger partial charge in [-0.15, -0.1) is 0 Å². The largest absolute Gasteiger partial charge is 0.497 e. The first-order chi connectivity index (χ1) is 12.9. The average Bonchev–Trinajstić information content (AvgIpc) is 2.64. The Labute approximate surface area is 162 Å². The van der Waals surface area contributed by atoms with Crippen molar-refractivity contribution in [3.63, 3.8) is 0 Å². The molecule has 1 aliphatic rings. The molecule has 3 amide bonds. The number of nitrogens with one attached hydrogen (secondary N) is 3. The maximum absolute atomic E-state index is 13.0. The molecule has 1 atom stereocenters.